The van der Waals surface area contributed by atoms with E-state index in [1.54, 1.807) is 24.5 Å². The molecular formula is C21H14ClF2N3OS. The fourth-order valence-corrected chi connectivity index (χ4v) is 4.07. The predicted molar refractivity (Wildman–Crippen MR) is 110 cm³/mol. The molecule has 4 nitrogen and oxygen atoms in total. The molecule has 0 bridgehead atoms. The minimum Gasteiger partial charge on any atom is -0.279 e. The number of thiazole rings is 1. The zero-order valence-corrected chi connectivity index (χ0v) is 16.8. The van der Waals surface area contributed by atoms with Crippen molar-refractivity contribution in [2.24, 2.45) is 0 Å². The van der Waals surface area contributed by atoms with Gasteiger partial charge in [-0.25, -0.2) is 13.8 Å². The highest BCUT2D eigenvalue weighted by Gasteiger charge is 2.23. The summed E-state index contributed by atoms with van der Waals surface area (Å²) in [6.07, 6.45) is 3.27. The number of carbonyl (C=O) groups excluding carboxylic acids is 1. The molecule has 4 rings (SSSR count). The van der Waals surface area contributed by atoms with Crippen molar-refractivity contribution < 1.29 is 13.6 Å². The maximum atomic E-state index is 13.7. The van der Waals surface area contributed by atoms with Gasteiger partial charge in [0.1, 0.15) is 0 Å². The fraction of sp³-hybridized carbons (Fsp3) is 0.0952. The van der Waals surface area contributed by atoms with Crippen molar-refractivity contribution in [2.75, 3.05) is 4.90 Å². The number of carbonyl (C=O) groups is 1. The molecule has 146 valence electrons. The summed E-state index contributed by atoms with van der Waals surface area (Å²) in [7, 11) is 0. The van der Waals surface area contributed by atoms with Crippen LogP contribution in [-0.4, -0.2) is 15.9 Å². The molecule has 0 spiro atoms. The highest BCUT2D eigenvalue weighted by atomic mass is 35.5. The molecule has 0 aliphatic carbocycles. The Hall–Kier alpha value is -2.90. The number of benzene rings is 2. The van der Waals surface area contributed by atoms with Crippen molar-refractivity contribution >= 4 is 44.2 Å². The van der Waals surface area contributed by atoms with Crippen LogP contribution in [0.5, 0.6) is 0 Å². The minimum absolute atomic E-state index is 0.0294. The van der Waals surface area contributed by atoms with Crippen molar-refractivity contribution in [1.82, 2.24) is 9.97 Å². The van der Waals surface area contributed by atoms with Crippen LogP contribution in [0.4, 0.5) is 13.9 Å². The molecule has 2 aromatic heterocycles. The monoisotopic (exact) mass is 429 g/mol. The first kappa shape index (κ1) is 19.4. The molecule has 0 fully saturated rings. The number of fused-ring (bicyclic) bond motifs is 1. The Kier molecular flexibility index (Phi) is 5.25. The lowest BCUT2D eigenvalue weighted by Crippen LogP contribution is -2.30. The third kappa shape index (κ3) is 3.83. The Morgan fingerprint density at radius 1 is 1.17 bits per heavy atom. The van der Waals surface area contributed by atoms with Crippen molar-refractivity contribution in [3.63, 3.8) is 0 Å². The number of halogens is 3. The first-order valence-corrected chi connectivity index (χ1v) is 9.85. The van der Waals surface area contributed by atoms with Gasteiger partial charge in [-0.1, -0.05) is 29.0 Å². The van der Waals surface area contributed by atoms with E-state index in [1.165, 1.54) is 22.3 Å². The van der Waals surface area contributed by atoms with Gasteiger partial charge < -0.3 is 0 Å². The van der Waals surface area contributed by atoms with Gasteiger partial charge in [-0.05, 0) is 54.4 Å². The van der Waals surface area contributed by atoms with Gasteiger partial charge in [0.05, 0.1) is 16.8 Å². The van der Waals surface area contributed by atoms with Gasteiger partial charge >= 0.3 is 0 Å². The molecule has 0 saturated heterocycles. The van der Waals surface area contributed by atoms with E-state index in [-0.39, 0.29) is 12.1 Å². The Balaban J connectivity index is 1.80. The SMILES string of the molecule is Cc1c(Cl)ccc2sc(N(Cc3cccnc3)C(=O)c3ccc(F)c(F)c3)nc12. The molecule has 0 aliphatic heterocycles. The van der Waals surface area contributed by atoms with Gasteiger partial charge in [0.25, 0.3) is 5.91 Å². The smallest absolute Gasteiger partial charge is 0.260 e. The molecule has 0 aliphatic rings. The molecule has 2 aromatic carbocycles. The van der Waals surface area contributed by atoms with Gasteiger partial charge in [-0.3, -0.25) is 14.7 Å². The first-order chi connectivity index (χ1) is 13.9. The highest BCUT2D eigenvalue weighted by Crippen LogP contribution is 2.34. The van der Waals surface area contributed by atoms with Crippen LogP contribution >= 0.6 is 22.9 Å². The minimum atomic E-state index is -1.08. The summed E-state index contributed by atoms with van der Waals surface area (Å²) < 4.78 is 27.9. The standard InChI is InChI=1S/C21H14ClF2N3OS/c1-12-15(22)5-7-18-19(12)26-21(29-18)27(11-13-3-2-8-25-10-13)20(28)14-4-6-16(23)17(24)9-14/h2-10H,11H2,1H3. The van der Waals surface area contributed by atoms with E-state index in [2.05, 4.69) is 9.97 Å². The number of aryl methyl sites for hydroxylation is 1. The van der Waals surface area contributed by atoms with E-state index in [1.807, 2.05) is 19.1 Å². The Morgan fingerprint density at radius 2 is 2.00 bits per heavy atom. The van der Waals surface area contributed by atoms with Crippen LogP contribution in [0.1, 0.15) is 21.5 Å². The van der Waals surface area contributed by atoms with Crippen LogP contribution in [0.3, 0.4) is 0 Å². The number of anilines is 1. The topological polar surface area (TPSA) is 46.1 Å². The summed E-state index contributed by atoms with van der Waals surface area (Å²) in [6, 6.07) is 10.3. The summed E-state index contributed by atoms with van der Waals surface area (Å²) >= 11 is 7.52. The van der Waals surface area contributed by atoms with Crippen molar-refractivity contribution in [3.05, 3.63) is 88.2 Å². The second kappa shape index (κ2) is 7.85. The Morgan fingerprint density at radius 3 is 2.72 bits per heavy atom. The third-order valence-electron chi connectivity index (χ3n) is 4.44. The average molecular weight is 430 g/mol. The number of pyridine rings is 1. The zero-order chi connectivity index (χ0) is 20.5. The van der Waals surface area contributed by atoms with Gasteiger partial charge in [0.2, 0.25) is 0 Å². The lowest BCUT2D eigenvalue weighted by atomic mass is 10.1. The summed E-state index contributed by atoms with van der Waals surface area (Å²) in [5, 5.41) is 1.02. The van der Waals surface area contributed by atoms with E-state index in [4.69, 9.17) is 11.6 Å². The number of aromatic nitrogens is 2. The van der Waals surface area contributed by atoms with Crippen LogP contribution in [-0.2, 0) is 6.54 Å². The lowest BCUT2D eigenvalue weighted by Gasteiger charge is -2.20. The fourth-order valence-electron chi connectivity index (χ4n) is 2.89. The summed E-state index contributed by atoms with van der Waals surface area (Å²) in [6.45, 7) is 2.04. The van der Waals surface area contributed by atoms with Crippen molar-refractivity contribution in [3.8, 4) is 0 Å². The normalized spacial score (nSPS) is 11.0. The van der Waals surface area contributed by atoms with Gasteiger partial charge in [0, 0.05) is 23.0 Å². The van der Waals surface area contributed by atoms with E-state index in [0.717, 1.165) is 28.0 Å². The summed E-state index contributed by atoms with van der Waals surface area (Å²) in [4.78, 5) is 23.3. The molecule has 0 N–H and O–H groups in total. The number of rotatable bonds is 4. The quantitative estimate of drug-likeness (QED) is 0.413. The molecule has 0 saturated carbocycles. The largest absolute Gasteiger partial charge is 0.279 e. The molecule has 0 unspecified atom stereocenters. The molecule has 8 heteroatoms. The maximum Gasteiger partial charge on any atom is 0.260 e. The maximum absolute atomic E-state index is 13.7. The van der Waals surface area contributed by atoms with Crippen molar-refractivity contribution in [2.45, 2.75) is 13.5 Å². The van der Waals surface area contributed by atoms with E-state index in [9.17, 15) is 13.6 Å². The van der Waals surface area contributed by atoms with E-state index < -0.39 is 17.5 Å². The van der Waals surface area contributed by atoms with Gasteiger partial charge in [-0.2, -0.15) is 0 Å². The van der Waals surface area contributed by atoms with Gasteiger partial charge in [0.15, 0.2) is 16.8 Å². The lowest BCUT2D eigenvalue weighted by molar-refractivity contribution is 0.0984. The summed E-state index contributed by atoms with van der Waals surface area (Å²) in [5.41, 5.74) is 2.32. The van der Waals surface area contributed by atoms with Crippen molar-refractivity contribution in [1.29, 1.82) is 0 Å². The van der Waals surface area contributed by atoms with Gasteiger partial charge in [-0.15, -0.1) is 0 Å². The molecule has 1 amide bonds. The first-order valence-electron chi connectivity index (χ1n) is 8.65. The second-order valence-corrected chi connectivity index (χ2v) is 7.81. The Bertz CT molecular complexity index is 1210. The average Bonchev–Trinajstić information content (AvgIpc) is 3.16. The van der Waals surface area contributed by atoms with Crippen LogP contribution in [0, 0.1) is 18.6 Å². The van der Waals surface area contributed by atoms with Crippen LogP contribution in [0.2, 0.25) is 5.02 Å². The number of nitrogens with zero attached hydrogens (tertiary/aromatic N) is 3. The van der Waals surface area contributed by atoms with Crippen LogP contribution in [0.15, 0.2) is 54.9 Å². The number of hydrogen-bond donors (Lipinski definition) is 0. The molecular weight excluding hydrogens is 416 g/mol. The number of amides is 1. The molecule has 4 aromatic rings. The predicted octanol–water partition coefficient (Wildman–Crippen LogP) is 5.78. The Labute approximate surface area is 174 Å². The van der Waals surface area contributed by atoms with E-state index >= 15 is 0 Å². The third-order valence-corrected chi connectivity index (χ3v) is 5.90. The molecule has 0 radical (unpaired) electrons. The molecule has 29 heavy (non-hydrogen) atoms. The summed E-state index contributed by atoms with van der Waals surface area (Å²) in [5.74, 6) is -2.58. The molecule has 2 heterocycles. The van der Waals surface area contributed by atoms with Crippen LogP contribution in [0.25, 0.3) is 10.2 Å². The highest BCUT2D eigenvalue weighted by molar-refractivity contribution is 7.22. The molecule has 0 atom stereocenters. The number of hydrogen-bond acceptors (Lipinski definition) is 4. The second-order valence-electron chi connectivity index (χ2n) is 6.40. The zero-order valence-electron chi connectivity index (χ0n) is 15.2. The van der Waals surface area contributed by atoms with E-state index in [0.29, 0.717) is 15.7 Å². The van der Waals surface area contributed by atoms with Crippen LogP contribution < -0.4 is 4.90 Å².